The maximum atomic E-state index is 12.7. The highest BCUT2D eigenvalue weighted by molar-refractivity contribution is 7.86. The molecule has 0 saturated heterocycles. The normalized spacial score (nSPS) is 21.1. The smallest absolute Gasteiger partial charge is 0.320 e. The molecule has 0 aliphatic heterocycles. The largest absolute Gasteiger partial charge is 0.444 e. The Hall–Kier alpha value is 0.415. The predicted octanol–water partition coefficient (Wildman–Crippen LogP) is 0.839. The minimum atomic E-state index is -6.29. The van der Waals surface area contributed by atoms with Crippen molar-refractivity contribution in [2.24, 2.45) is 0 Å². The van der Waals surface area contributed by atoms with Crippen LogP contribution < -0.4 is 0 Å². The molecule has 0 aromatic carbocycles. The highest BCUT2D eigenvalue weighted by atomic mass is 31.3. The molecule has 0 bridgehead atoms. The summed E-state index contributed by atoms with van der Waals surface area (Å²) in [5.74, 6) is 0. The van der Waals surface area contributed by atoms with Crippen LogP contribution in [0.4, 0.5) is 8.78 Å². The number of halogens is 2. The molecule has 0 saturated carbocycles. The second-order valence-electron chi connectivity index (χ2n) is 2.38. The van der Waals surface area contributed by atoms with Gasteiger partial charge in [-0.05, 0) is 0 Å². The van der Waals surface area contributed by atoms with Crippen molar-refractivity contribution in [3.05, 3.63) is 0 Å². The summed E-state index contributed by atoms with van der Waals surface area (Å²) >= 11 is 0. The fourth-order valence-electron chi connectivity index (χ4n) is 0.401. The van der Waals surface area contributed by atoms with Crippen molar-refractivity contribution < 1.29 is 46.0 Å². The van der Waals surface area contributed by atoms with Gasteiger partial charge in [-0.15, -0.1) is 0 Å². The average Bonchev–Trinajstić information content (AvgIpc) is 2.00. The van der Waals surface area contributed by atoms with Crippen molar-refractivity contribution in [3.8, 4) is 0 Å². The molecule has 16 heavy (non-hydrogen) atoms. The summed E-state index contributed by atoms with van der Waals surface area (Å²) < 4.78 is 64.4. The van der Waals surface area contributed by atoms with Crippen LogP contribution in [-0.4, -0.2) is 34.8 Å². The van der Waals surface area contributed by atoms with Gasteiger partial charge in [-0.2, -0.15) is 8.78 Å². The molecule has 94 valence electrons. The van der Waals surface area contributed by atoms with Crippen LogP contribution in [0, 0.1) is 0 Å². The fraction of sp³-hybridized carbons (Fsp3) is 1.00. The van der Waals surface area contributed by atoms with Crippen molar-refractivity contribution in [1.29, 1.82) is 0 Å². The van der Waals surface area contributed by atoms with E-state index < -0.39 is 28.1 Å². The maximum Gasteiger partial charge on any atom is 0.444 e. The van der Waals surface area contributed by atoms with Gasteiger partial charge < -0.3 is 19.2 Å². The molecular formula is C2H6BF2O8P3. The summed E-state index contributed by atoms with van der Waals surface area (Å²) in [7, 11) is -12.2. The monoisotopic (exact) mass is 300 g/mol. The van der Waals surface area contributed by atoms with Gasteiger partial charge in [0.1, 0.15) is 0 Å². The summed E-state index contributed by atoms with van der Waals surface area (Å²) in [4.78, 5) is 24.9. The van der Waals surface area contributed by atoms with Crippen LogP contribution in [0.3, 0.4) is 0 Å². The van der Waals surface area contributed by atoms with Crippen LogP contribution in [-0.2, 0) is 22.5 Å². The van der Waals surface area contributed by atoms with Gasteiger partial charge >= 0.3 is 20.6 Å². The van der Waals surface area contributed by atoms with Crippen molar-refractivity contribution >= 4 is 30.2 Å². The van der Waals surface area contributed by atoms with Gasteiger partial charge in [0.15, 0.2) is 0 Å². The summed E-state index contributed by atoms with van der Waals surface area (Å²) in [6, 6.07) is 0. The third-order valence-corrected chi connectivity index (χ3v) is 6.39. The number of hydrogen-bond acceptors (Lipinski definition) is 5. The topological polar surface area (TPSA) is 130 Å². The molecule has 0 rings (SSSR count). The van der Waals surface area contributed by atoms with Gasteiger partial charge in [0, 0.05) is 7.11 Å². The minimum Gasteiger partial charge on any atom is -0.320 e. The first kappa shape index (κ1) is 16.4. The summed E-state index contributed by atoms with van der Waals surface area (Å²) in [5.41, 5.74) is 0. The molecule has 0 aliphatic carbocycles. The van der Waals surface area contributed by atoms with E-state index in [2.05, 4.69) is 16.4 Å². The molecule has 14 heteroatoms. The predicted molar refractivity (Wildman–Crippen MR) is 48.3 cm³/mol. The molecule has 8 nitrogen and oxygen atoms in total. The minimum absolute atomic E-state index is 0.621. The van der Waals surface area contributed by atoms with E-state index >= 15 is 0 Å². The Morgan fingerprint density at radius 1 is 1.19 bits per heavy atom. The second kappa shape index (κ2) is 4.59. The van der Waals surface area contributed by atoms with E-state index in [9.17, 15) is 22.5 Å². The Morgan fingerprint density at radius 2 is 1.56 bits per heavy atom. The average molecular weight is 300 g/mol. The summed E-state index contributed by atoms with van der Waals surface area (Å²) in [5, 5.41) is -5.44. The quantitative estimate of drug-likeness (QED) is 0.503. The lowest BCUT2D eigenvalue weighted by molar-refractivity contribution is 0.107. The zero-order chi connectivity index (χ0) is 13.4. The first-order valence-corrected chi connectivity index (χ1v) is 7.99. The molecule has 0 amide bonds. The van der Waals surface area contributed by atoms with E-state index in [0.717, 1.165) is 0 Å². The van der Waals surface area contributed by atoms with Gasteiger partial charge in [-0.25, -0.2) is 4.31 Å². The van der Waals surface area contributed by atoms with Crippen LogP contribution in [0.1, 0.15) is 0 Å². The lowest BCUT2D eigenvalue weighted by Gasteiger charge is -2.24. The standard InChI is InChI=1S/C2H6BF2O8P3/c1-12-16(3,11)13-15(9,10)2(4,5)14(6,7)8/h1H3,(H,9,10)(H2,6,7,8). The Kier molecular flexibility index (Phi) is 4.71. The molecule has 0 spiro atoms. The summed E-state index contributed by atoms with van der Waals surface area (Å²) in [6.07, 6.45) is 0. The van der Waals surface area contributed by atoms with Crippen molar-refractivity contribution in [3.63, 3.8) is 0 Å². The fourth-order valence-corrected chi connectivity index (χ4v) is 3.94. The molecule has 2 atom stereocenters. The zero-order valence-corrected chi connectivity index (χ0v) is 10.2. The van der Waals surface area contributed by atoms with Crippen molar-refractivity contribution in [2.75, 3.05) is 7.11 Å². The Labute approximate surface area is 89.5 Å². The van der Waals surface area contributed by atoms with E-state index in [-0.39, 0.29) is 0 Å². The van der Waals surface area contributed by atoms with Crippen molar-refractivity contribution in [2.45, 2.75) is 5.40 Å². The highest BCUT2D eigenvalue weighted by Crippen LogP contribution is 2.77. The van der Waals surface area contributed by atoms with E-state index in [1.54, 1.807) is 0 Å². The first-order chi connectivity index (χ1) is 6.77. The maximum absolute atomic E-state index is 12.7. The van der Waals surface area contributed by atoms with Gasteiger partial charge in [0.25, 0.3) is 7.47 Å². The van der Waals surface area contributed by atoms with E-state index in [1.165, 1.54) is 0 Å². The molecule has 0 aromatic rings. The van der Waals surface area contributed by atoms with Crippen LogP contribution >= 0.6 is 22.7 Å². The van der Waals surface area contributed by atoms with E-state index in [1.807, 2.05) is 0 Å². The van der Waals surface area contributed by atoms with Crippen LogP contribution in [0.2, 0.25) is 0 Å². The molecule has 0 heterocycles. The van der Waals surface area contributed by atoms with Gasteiger partial charge in [-0.1, -0.05) is 0 Å². The third-order valence-electron chi connectivity index (χ3n) is 1.17. The number of rotatable bonds is 5. The lowest BCUT2D eigenvalue weighted by Crippen LogP contribution is -2.18. The number of alkyl halides is 2. The van der Waals surface area contributed by atoms with E-state index in [4.69, 9.17) is 14.7 Å². The molecule has 0 fully saturated rings. The molecular weight excluding hydrogens is 294 g/mol. The van der Waals surface area contributed by atoms with Gasteiger partial charge in [-0.3, -0.25) is 13.7 Å². The molecule has 0 aliphatic rings. The van der Waals surface area contributed by atoms with Crippen molar-refractivity contribution in [1.82, 2.24) is 0 Å². The molecule has 2 radical (unpaired) electrons. The Bertz CT molecular complexity index is 402. The SMILES string of the molecule is [B]P(=O)(OC)OP(=O)(O)C(F)(F)P(=O)(O)O. The molecule has 2 unspecified atom stereocenters. The lowest BCUT2D eigenvalue weighted by atomic mass is 10.8. The Morgan fingerprint density at radius 3 is 1.81 bits per heavy atom. The second-order valence-corrected chi connectivity index (χ2v) is 8.08. The third kappa shape index (κ3) is 3.45. The van der Waals surface area contributed by atoms with Crippen LogP contribution in [0.25, 0.3) is 0 Å². The Balaban J connectivity index is 5.32. The highest BCUT2D eigenvalue weighted by Gasteiger charge is 2.66. The molecule has 0 aromatic heterocycles. The van der Waals surface area contributed by atoms with E-state index in [0.29, 0.717) is 7.11 Å². The first-order valence-electron chi connectivity index (χ1n) is 3.19. The van der Waals surface area contributed by atoms with Crippen LogP contribution in [0.15, 0.2) is 0 Å². The zero-order valence-electron chi connectivity index (χ0n) is 7.56. The van der Waals surface area contributed by atoms with Crippen LogP contribution in [0.5, 0.6) is 0 Å². The van der Waals surface area contributed by atoms with Gasteiger partial charge in [0.2, 0.25) is 7.57 Å². The number of hydrogen-bond donors (Lipinski definition) is 3. The van der Waals surface area contributed by atoms with Gasteiger partial charge in [0.05, 0.1) is 0 Å². The summed E-state index contributed by atoms with van der Waals surface area (Å²) in [6.45, 7) is 0. The molecule has 3 N–H and O–H groups in total.